The molecule has 0 saturated carbocycles. The zero-order chi connectivity index (χ0) is 17.1. The van der Waals surface area contributed by atoms with Gasteiger partial charge >= 0.3 is 6.03 Å². The first-order valence-corrected chi connectivity index (χ1v) is 8.32. The Bertz CT molecular complexity index is 739. The van der Waals surface area contributed by atoms with Crippen molar-refractivity contribution in [3.8, 4) is 0 Å². The molecule has 128 valence electrons. The molecule has 0 bridgehead atoms. The highest BCUT2D eigenvalue weighted by Gasteiger charge is 2.23. The molecule has 1 aliphatic rings. The molecule has 7 heteroatoms. The van der Waals surface area contributed by atoms with E-state index in [0.717, 1.165) is 17.5 Å². The summed E-state index contributed by atoms with van der Waals surface area (Å²) in [7, 11) is 0. The van der Waals surface area contributed by atoms with E-state index >= 15 is 0 Å². The summed E-state index contributed by atoms with van der Waals surface area (Å²) in [5, 5.41) is 2.91. The molecule has 1 aromatic heterocycles. The fourth-order valence-electron chi connectivity index (χ4n) is 2.91. The lowest BCUT2D eigenvalue weighted by atomic mass is 10.1. The Morgan fingerprint density at radius 3 is 2.71 bits per heavy atom. The Balaban J connectivity index is 1.66. The number of carbonyl (C=O) groups excluding carboxylic acids is 2. The molecule has 0 radical (unpaired) electrons. The van der Waals surface area contributed by atoms with Gasteiger partial charge in [0.25, 0.3) is 5.91 Å². The number of nitrogens with one attached hydrogen (secondary N) is 2. The predicted molar refractivity (Wildman–Crippen MR) is 91.9 cm³/mol. The summed E-state index contributed by atoms with van der Waals surface area (Å²) in [4.78, 5) is 35.7. The first-order valence-electron chi connectivity index (χ1n) is 8.32. The van der Waals surface area contributed by atoms with Crippen LogP contribution in [0.4, 0.5) is 4.79 Å². The molecule has 0 aliphatic carbocycles. The van der Waals surface area contributed by atoms with Crippen LogP contribution in [0.1, 0.15) is 30.6 Å². The van der Waals surface area contributed by atoms with Crippen LogP contribution in [0, 0.1) is 0 Å². The SMILES string of the molecule is CC(C)NC(=O)N1CCCN(C(=O)c2ccc3nc[nH]c3c2)CC1. The fraction of sp³-hybridized carbons (Fsp3) is 0.471. The smallest absolute Gasteiger partial charge is 0.317 e. The van der Waals surface area contributed by atoms with Crippen LogP contribution in [0.5, 0.6) is 0 Å². The number of benzene rings is 1. The van der Waals surface area contributed by atoms with Gasteiger partial charge in [-0.1, -0.05) is 0 Å². The molecular weight excluding hydrogens is 306 g/mol. The summed E-state index contributed by atoms with van der Waals surface area (Å²) < 4.78 is 0. The zero-order valence-electron chi connectivity index (χ0n) is 14.1. The lowest BCUT2D eigenvalue weighted by molar-refractivity contribution is 0.0762. The van der Waals surface area contributed by atoms with E-state index in [1.807, 2.05) is 30.9 Å². The molecular formula is C17H23N5O2. The molecule has 2 aromatic rings. The largest absolute Gasteiger partial charge is 0.345 e. The number of carbonyl (C=O) groups is 2. The number of rotatable bonds is 2. The molecule has 2 heterocycles. The maximum Gasteiger partial charge on any atom is 0.317 e. The lowest BCUT2D eigenvalue weighted by Gasteiger charge is -2.23. The molecule has 1 aliphatic heterocycles. The third-order valence-corrected chi connectivity index (χ3v) is 4.15. The van der Waals surface area contributed by atoms with Crippen molar-refractivity contribution in [3.63, 3.8) is 0 Å². The number of amides is 3. The molecule has 7 nitrogen and oxygen atoms in total. The van der Waals surface area contributed by atoms with Gasteiger partial charge < -0.3 is 20.1 Å². The Morgan fingerprint density at radius 1 is 1.17 bits per heavy atom. The van der Waals surface area contributed by atoms with Crippen molar-refractivity contribution in [3.05, 3.63) is 30.1 Å². The number of fused-ring (bicyclic) bond motifs is 1. The van der Waals surface area contributed by atoms with Gasteiger partial charge in [0.05, 0.1) is 17.4 Å². The molecule has 1 aromatic carbocycles. The van der Waals surface area contributed by atoms with Crippen molar-refractivity contribution in [2.24, 2.45) is 0 Å². The molecule has 3 amide bonds. The lowest BCUT2D eigenvalue weighted by Crippen LogP contribution is -2.44. The predicted octanol–water partition coefficient (Wildman–Crippen LogP) is 1.83. The average Bonchev–Trinajstić information content (AvgIpc) is 2.87. The maximum absolute atomic E-state index is 12.7. The van der Waals surface area contributed by atoms with Gasteiger partial charge in [-0.05, 0) is 38.5 Å². The summed E-state index contributed by atoms with van der Waals surface area (Å²) in [5.41, 5.74) is 2.35. The minimum atomic E-state index is -0.0572. The van der Waals surface area contributed by atoms with E-state index in [4.69, 9.17) is 0 Å². The van der Waals surface area contributed by atoms with Crippen LogP contribution < -0.4 is 5.32 Å². The second-order valence-corrected chi connectivity index (χ2v) is 6.37. The molecule has 0 atom stereocenters. The van der Waals surface area contributed by atoms with Crippen LogP contribution >= 0.6 is 0 Å². The van der Waals surface area contributed by atoms with E-state index in [2.05, 4.69) is 15.3 Å². The Hall–Kier alpha value is -2.57. The second-order valence-electron chi connectivity index (χ2n) is 6.37. The summed E-state index contributed by atoms with van der Waals surface area (Å²) in [5.74, 6) is -0.00221. The van der Waals surface area contributed by atoms with Gasteiger partial charge in [0.15, 0.2) is 0 Å². The monoisotopic (exact) mass is 329 g/mol. The first kappa shape index (κ1) is 16.3. The van der Waals surface area contributed by atoms with E-state index in [9.17, 15) is 9.59 Å². The van der Waals surface area contributed by atoms with E-state index < -0.39 is 0 Å². The highest BCUT2D eigenvalue weighted by Crippen LogP contribution is 2.15. The van der Waals surface area contributed by atoms with Crippen molar-refractivity contribution in [1.29, 1.82) is 0 Å². The normalized spacial score (nSPS) is 15.6. The van der Waals surface area contributed by atoms with Gasteiger partial charge in [-0.15, -0.1) is 0 Å². The summed E-state index contributed by atoms with van der Waals surface area (Å²) in [6.07, 6.45) is 2.40. The topological polar surface area (TPSA) is 81.3 Å². The third-order valence-electron chi connectivity index (χ3n) is 4.15. The highest BCUT2D eigenvalue weighted by atomic mass is 16.2. The van der Waals surface area contributed by atoms with Crippen molar-refractivity contribution in [2.45, 2.75) is 26.3 Å². The number of H-pyrrole nitrogens is 1. The van der Waals surface area contributed by atoms with Gasteiger partial charge in [-0.2, -0.15) is 0 Å². The van der Waals surface area contributed by atoms with Crippen LogP contribution in [0.2, 0.25) is 0 Å². The second kappa shape index (κ2) is 6.90. The van der Waals surface area contributed by atoms with Crippen molar-refractivity contribution >= 4 is 23.0 Å². The minimum absolute atomic E-state index is 0.00221. The summed E-state index contributed by atoms with van der Waals surface area (Å²) >= 11 is 0. The molecule has 0 unspecified atom stereocenters. The Labute approximate surface area is 141 Å². The fourth-order valence-corrected chi connectivity index (χ4v) is 2.91. The average molecular weight is 329 g/mol. The van der Waals surface area contributed by atoms with Gasteiger partial charge in [0.1, 0.15) is 0 Å². The number of aromatic amines is 1. The molecule has 0 spiro atoms. The zero-order valence-corrected chi connectivity index (χ0v) is 14.1. The first-order chi connectivity index (χ1) is 11.5. The number of urea groups is 1. The number of hydrogen-bond acceptors (Lipinski definition) is 3. The van der Waals surface area contributed by atoms with Gasteiger partial charge in [-0.3, -0.25) is 4.79 Å². The van der Waals surface area contributed by atoms with E-state index in [1.54, 1.807) is 17.3 Å². The van der Waals surface area contributed by atoms with Crippen molar-refractivity contribution in [1.82, 2.24) is 25.1 Å². The summed E-state index contributed by atoms with van der Waals surface area (Å²) in [6, 6.07) is 5.54. The molecule has 24 heavy (non-hydrogen) atoms. The Morgan fingerprint density at radius 2 is 1.92 bits per heavy atom. The number of imidazole rings is 1. The van der Waals surface area contributed by atoms with Crippen LogP contribution in [-0.4, -0.2) is 63.9 Å². The molecule has 1 saturated heterocycles. The third kappa shape index (κ3) is 3.50. The van der Waals surface area contributed by atoms with E-state index in [-0.39, 0.29) is 18.0 Å². The van der Waals surface area contributed by atoms with Gasteiger partial charge in [0, 0.05) is 37.8 Å². The van der Waals surface area contributed by atoms with Crippen LogP contribution in [0.15, 0.2) is 24.5 Å². The van der Waals surface area contributed by atoms with E-state index in [1.165, 1.54) is 0 Å². The van der Waals surface area contributed by atoms with Gasteiger partial charge in [0.2, 0.25) is 0 Å². The standard InChI is InChI=1S/C17H23N5O2/c1-12(2)20-17(24)22-7-3-6-21(8-9-22)16(23)13-4-5-14-15(10-13)19-11-18-14/h4-5,10-12H,3,6-9H2,1-2H3,(H,18,19)(H,20,24). The summed E-state index contributed by atoms with van der Waals surface area (Å²) in [6.45, 7) is 6.31. The number of hydrogen-bond donors (Lipinski definition) is 2. The highest BCUT2D eigenvalue weighted by molar-refractivity contribution is 5.97. The van der Waals surface area contributed by atoms with Gasteiger partial charge in [-0.25, -0.2) is 9.78 Å². The van der Waals surface area contributed by atoms with Crippen LogP contribution in [-0.2, 0) is 0 Å². The molecule has 1 fully saturated rings. The van der Waals surface area contributed by atoms with Crippen LogP contribution in [0.3, 0.4) is 0 Å². The number of aromatic nitrogens is 2. The van der Waals surface area contributed by atoms with E-state index in [0.29, 0.717) is 31.7 Å². The quantitative estimate of drug-likeness (QED) is 0.882. The van der Waals surface area contributed by atoms with Crippen LogP contribution in [0.25, 0.3) is 11.0 Å². The Kier molecular flexibility index (Phi) is 4.69. The molecule has 2 N–H and O–H groups in total. The van der Waals surface area contributed by atoms with Crippen molar-refractivity contribution < 1.29 is 9.59 Å². The maximum atomic E-state index is 12.7. The minimum Gasteiger partial charge on any atom is -0.345 e. The van der Waals surface area contributed by atoms with Crippen molar-refractivity contribution in [2.75, 3.05) is 26.2 Å². The molecule has 3 rings (SSSR count). The number of nitrogens with zero attached hydrogens (tertiary/aromatic N) is 3.